The van der Waals surface area contributed by atoms with E-state index < -0.39 is 0 Å². The molecule has 0 radical (unpaired) electrons. The molecule has 1 amide bonds. The van der Waals surface area contributed by atoms with Gasteiger partial charge in [0.25, 0.3) is 0 Å². The Bertz CT molecular complexity index is 1200. The van der Waals surface area contributed by atoms with Gasteiger partial charge in [0.05, 0.1) is 22.3 Å². The number of fused-ring (bicyclic) bond motifs is 2. The summed E-state index contributed by atoms with van der Waals surface area (Å²) >= 11 is 0. The van der Waals surface area contributed by atoms with Gasteiger partial charge in [-0.2, -0.15) is 5.10 Å². The number of benzene rings is 2. The molecule has 6 nitrogen and oxygen atoms in total. The summed E-state index contributed by atoms with van der Waals surface area (Å²) in [5, 5.41) is 13.0. The van der Waals surface area contributed by atoms with Gasteiger partial charge in [0, 0.05) is 30.7 Å². The molecular formula is C21H22ClN5O. The van der Waals surface area contributed by atoms with Crippen LogP contribution in [0.4, 0.5) is 17.1 Å². The maximum absolute atomic E-state index is 11.5. The molecule has 2 N–H and O–H groups in total. The van der Waals surface area contributed by atoms with E-state index in [1.807, 2.05) is 57.3 Å². The maximum Gasteiger partial charge on any atom is 0.221 e. The Labute approximate surface area is 169 Å². The molecule has 28 heavy (non-hydrogen) atoms. The molecule has 4 rings (SSSR count). The maximum atomic E-state index is 11.5. The minimum atomic E-state index is -0.0879. The number of aromatic nitrogens is 3. The van der Waals surface area contributed by atoms with Crippen LogP contribution < -0.4 is 10.6 Å². The molecule has 7 heteroatoms. The largest absolute Gasteiger partial charge is 0.354 e. The topological polar surface area (TPSA) is 71.8 Å². The highest BCUT2D eigenvalue weighted by Gasteiger charge is 2.16. The van der Waals surface area contributed by atoms with Crippen LogP contribution in [0, 0.1) is 13.8 Å². The van der Waals surface area contributed by atoms with Crippen LogP contribution in [-0.4, -0.2) is 20.7 Å². The smallest absolute Gasteiger partial charge is 0.221 e. The van der Waals surface area contributed by atoms with Crippen molar-refractivity contribution >= 4 is 57.3 Å². The minimum Gasteiger partial charge on any atom is -0.354 e. The second kappa shape index (κ2) is 7.48. The number of nitrogens with one attached hydrogen (secondary N) is 2. The highest BCUT2D eigenvalue weighted by atomic mass is 35.5. The molecule has 2 heterocycles. The molecular weight excluding hydrogens is 374 g/mol. The van der Waals surface area contributed by atoms with Crippen molar-refractivity contribution in [2.24, 2.45) is 7.05 Å². The molecule has 0 aliphatic carbocycles. The Morgan fingerprint density at radius 3 is 2.61 bits per heavy atom. The van der Waals surface area contributed by atoms with Crippen LogP contribution in [0.5, 0.6) is 0 Å². The number of anilines is 3. The SMILES string of the molecule is CC(=O)Nc1cc(Nc2c3ccccc3nc3c2c(C)nn3C)ccc1C.Cl. The zero-order chi connectivity index (χ0) is 19.1. The third kappa shape index (κ3) is 3.39. The van der Waals surface area contributed by atoms with Gasteiger partial charge >= 0.3 is 0 Å². The number of pyridine rings is 1. The average Bonchev–Trinajstić information content (AvgIpc) is 2.91. The van der Waals surface area contributed by atoms with Crippen LogP contribution in [0.2, 0.25) is 0 Å². The van der Waals surface area contributed by atoms with Gasteiger partial charge in [-0.1, -0.05) is 24.3 Å². The van der Waals surface area contributed by atoms with Gasteiger partial charge < -0.3 is 10.6 Å². The molecule has 0 bridgehead atoms. The third-order valence-corrected chi connectivity index (χ3v) is 4.66. The fraction of sp³-hybridized carbons (Fsp3) is 0.190. The summed E-state index contributed by atoms with van der Waals surface area (Å²) < 4.78 is 1.81. The Kier molecular flexibility index (Phi) is 5.25. The Hall–Kier alpha value is -3.12. The van der Waals surface area contributed by atoms with Crippen LogP contribution in [0.3, 0.4) is 0 Å². The first-order valence-corrected chi connectivity index (χ1v) is 8.81. The number of aryl methyl sites for hydroxylation is 3. The lowest BCUT2D eigenvalue weighted by molar-refractivity contribution is -0.114. The van der Waals surface area contributed by atoms with Crippen LogP contribution in [0.1, 0.15) is 18.2 Å². The van der Waals surface area contributed by atoms with Crippen LogP contribution in [0.15, 0.2) is 42.5 Å². The number of hydrogen-bond acceptors (Lipinski definition) is 4. The monoisotopic (exact) mass is 395 g/mol. The van der Waals surface area contributed by atoms with Crippen LogP contribution in [-0.2, 0) is 11.8 Å². The molecule has 0 atom stereocenters. The molecule has 2 aromatic carbocycles. The summed E-state index contributed by atoms with van der Waals surface area (Å²) in [4.78, 5) is 16.3. The van der Waals surface area contributed by atoms with E-state index in [9.17, 15) is 4.79 Å². The number of hydrogen-bond donors (Lipinski definition) is 2. The molecule has 0 aliphatic rings. The van der Waals surface area contributed by atoms with E-state index in [2.05, 4.69) is 21.8 Å². The Morgan fingerprint density at radius 1 is 1.11 bits per heavy atom. The van der Waals surface area contributed by atoms with E-state index in [1.165, 1.54) is 6.92 Å². The van der Waals surface area contributed by atoms with Gasteiger partial charge in [-0.25, -0.2) is 4.98 Å². The fourth-order valence-electron chi connectivity index (χ4n) is 3.40. The van der Waals surface area contributed by atoms with E-state index in [-0.39, 0.29) is 18.3 Å². The third-order valence-electron chi connectivity index (χ3n) is 4.66. The molecule has 0 spiro atoms. The lowest BCUT2D eigenvalue weighted by Crippen LogP contribution is -2.07. The van der Waals surface area contributed by atoms with Gasteiger partial charge in [0.2, 0.25) is 5.91 Å². The van der Waals surface area contributed by atoms with Gasteiger partial charge in [0.15, 0.2) is 5.65 Å². The van der Waals surface area contributed by atoms with Crippen molar-refractivity contribution in [2.45, 2.75) is 20.8 Å². The van der Waals surface area contributed by atoms with Crippen molar-refractivity contribution < 1.29 is 4.79 Å². The lowest BCUT2D eigenvalue weighted by Gasteiger charge is -2.14. The average molecular weight is 396 g/mol. The number of carbonyl (C=O) groups excluding carboxylic acids is 1. The van der Waals surface area contributed by atoms with Crippen molar-refractivity contribution in [3.8, 4) is 0 Å². The zero-order valence-electron chi connectivity index (χ0n) is 16.2. The van der Waals surface area contributed by atoms with E-state index in [0.29, 0.717) is 0 Å². The summed E-state index contributed by atoms with van der Waals surface area (Å²) in [6.45, 7) is 5.47. The summed E-state index contributed by atoms with van der Waals surface area (Å²) in [6, 6.07) is 14.0. The van der Waals surface area contributed by atoms with Crippen molar-refractivity contribution in [2.75, 3.05) is 10.6 Å². The summed E-state index contributed by atoms with van der Waals surface area (Å²) in [5.41, 5.74) is 6.34. The van der Waals surface area contributed by atoms with Crippen molar-refractivity contribution in [3.63, 3.8) is 0 Å². The molecule has 0 aliphatic heterocycles. The first kappa shape index (κ1) is 19.6. The Balaban J connectivity index is 0.00000225. The van der Waals surface area contributed by atoms with Gasteiger partial charge in [-0.05, 0) is 37.6 Å². The van der Waals surface area contributed by atoms with Crippen molar-refractivity contribution in [1.29, 1.82) is 0 Å². The Morgan fingerprint density at radius 2 is 1.86 bits per heavy atom. The first-order valence-electron chi connectivity index (χ1n) is 8.81. The minimum absolute atomic E-state index is 0. The van der Waals surface area contributed by atoms with E-state index in [1.54, 1.807) is 4.68 Å². The number of amides is 1. The van der Waals surface area contributed by atoms with E-state index in [0.717, 1.165) is 50.3 Å². The molecule has 4 aromatic rings. The number of rotatable bonds is 3. The van der Waals surface area contributed by atoms with Gasteiger partial charge in [-0.3, -0.25) is 9.48 Å². The fourth-order valence-corrected chi connectivity index (χ4v) is 3.40. The standard InChI is InChI=1S/C21H21N5O.ClH/c1-12-9-10-15(11-18(12)22-14(3)27)23-20-16-7-5-6-8-17(16)24-21-19(20)13(2)25-26(21)4;/h5-11H,1-4H3,(H,22,27)(H,23,24);1H. The first-order chi connectivity index (χ1) is 12.9. The van der Waals surface area contributed by atoms with Gasteiger partial charge in [-0.15, -0.1) is 12.4 Å². The number of nitrogens with zero attached hydrogens (tertiary/aromatic N) is 3. The molecule has 0 saturated heterocycles. The predicted molar refractivity (Wildman–Crippen MR) is 117 cm³/mol. The summed E-state index contributed by atoms with van der Waals surface area (Å²) in [7, 11) is 1.90. The number of para-hydroxylation sites is 1. The number of carbonyl (C=O) groups is 1. The predicted octanol–water partition coefficient (Wildman–Crippen LogP) is 4.86. The molecule has 2 aromatic heterocycles. The molecule has 0 unspecified atom stereocenters. The second-order valence-electron chi connectivity index (χ2n) is 6.75. The normalized spacial score (nSPS) is 10.7. The quantitative estimate of drug-likeness (QED) is 0.519. The molecule has 0 fully saturated rings. The zero-order valence-corrected chi connectivity index (χ0v) is 17.0. The van der Waals surface area contributed by atoms with Crippen molar-refractivity contribution in [1.82, 2.24) is 14.8 Å². The molecule has 0 saturated carbocycles. The highest BCUT2D eigenvalue weighted by Crippen LogP contribution is 2.35. The van der Waals surface area contributed by atoms with Gasteiger partial charge in [0.1, 0.15) is 0 Å². The van der Waals surface area contributed by atoms with E-state index >= 15 is 0 Å². The second-order valence-corrected chi connectivity index (χ2v) is 6.75. The summed E-state index contributed by atoms with van der Waals surface area (Å²) in [6.07, 6.45) is 0. The van der Waals surface area contributed by atoms with E-state index in [4.69, 9.17) is 4.98 Å². The van der Waals surface area contributed by atoms with Crippen molar-refractivity contribution in [3.05, 3.63) is 53.7 Å². The highest BCUT2D eigenvalue weighted by molar-refractivity contribution is 6.09. The molecule has 144 valence electrons. The lowest BCUT2D eigenvalue weighted by atomic mass is 10.1. The van der Waals surface area contributed by atoms with Crippen LogP contribution >= 0.6 is 12.4 Å². The van der Waals surface area contributed by atoms with Crippen LogP contribution in [0.25, 0.3) is 21.9 Å². The number of halogens is 1. The summed E-state index contributed by atoms with van der Waals surface area (Å²) in [5.74, 6) is -0.0879.